The summed E-state index contributed by atoms with van der Waals surface area (Å²) in [5.41, 5.74) is 0.940. The van der Waals surface area contributed by atoms with E-state index < -0.39 is 0 Å². The van der Waals surface area contributed by atoms with E-state index in [2.05, 4.69) is 10.2 Å². The molecule has 0 spiro atoms. The summed E-state index contributed by atoms with van der Waals surface area (Å²) in [6, 6.07) is 4.79. The van der Waals surface area contributed by atoms with Gasteiger partial charge in [-0.3, -0.25) is 19.8 Å². The lowest BCUT2D eigenvalue weighted by molar-refractivity contribution is -0.385. The predicted molar refractivity (Wildman–Crippen MR) is 95.5 cm³/mol. The van der Waals surface area contributed by atoms with Crippen molar-refractivity contribution in [3.8, 4) is 5.75 Å². The van der Waals surface area contributed by atoms with Gasteiger partial charge in [0.05, 0.1) is 11.0 Å². The second kappa shape index (κ2) is 8.80. The van der Waals surface area contributed by atoms with E-state index in [1.54, 1.807) is 12.1 Å². The lowest BCUT2D eigenvalue weighted by Gasteiger charge is -2.32. The summed E-state index contributed by atoms with van der Waals surface area (Å²) in [6.45, 7) is 8.60. The van der Waals surface area contributed by atoms with Crippen molar-refractivity contribution < 1.29 is 14.5 Å². The first-order valence-electron chi connectivity index (χ1n) is 8.76. The minimum atomic E-state index is -0.373. The van der Waals surface area contributed by atoms with Crippen molar-refractivity contribution in [1.82, 2.24) is 10.2 Å². The van der Waals surface area contributed by atoms with Gasteiger partial charge in [-0.15, -0.1) is 0 Å². The number of ether oxygens (including phenoxy) is 1. The van der Waals surface area contributed by atoms with E-state index in [-0.39, 0.29) is 22.6 Å². The molecule has 7 nitrogen and oxygen atoms in total. The summed E-state index contributed by atoms with van der Waals surface area (Å²) in [6.07, 6.45) is 2.04. The van der Waals surface area contributed by atoms with Crippen LogP contribution < -0.4 is 10.1 Å². The molecule has 0 aliphatic carbocycles. The number of nitro groups is 1. The van der Waals surface area contributed by atoms with Crippen LogP contribution in [0.15, 0.2) is 18.2 Å². The largest absolute Gasteiger partial charge is 0.491 e. The highest BCUT2D eigenvalue weighted by atomic mass is 16.6. The van der Waals surface area contributed by atoms with Gasteiger partial charge >= 0.3 is 0 Å². The van der Waals surface area contributed by atoms with E-state index in [4.69, 9.17) is 4.74 Å². The van der Waals surface area contributed by atoms with Crippen LogP contribution in [-0.2, 0) is 11.3 Å². The van der Waals surface area contributed by atoms with Crippen LogP contribution in [-0.4, -0.2) is 41.5 Å². The molecule has 1 aromatic carbocycles. The molecule has 25 heavy (non-hydrogen) atoms. The third kappa shape index (κ3) is 6.01. The minimum Gasteiger partial charge on any atom is -0.491 e. The molecule has 0 saturated carbocycles. The quantitative estimate of drug-likeness (QED) is 0.604. The third-order valence-corrected chi connectivity index (χ3v) is 4.36. The Morgan fingerprint density at radius 1 is 1.40 bits per heavy atom. The number of piperidine rings is 1. The number of amides is 1. The number of rotatable bonds is 7. The van der Waals surface area contributed by atoms with Crippen molar-refractivity contribution in [3.05, 3.63) is 33.9 Å². The van der Waals surface area contributed by atoms with E-state index >= 15 is 0 Å². The molecule has 1 aliphatic rings. The van der Waals surface area contributed by atoms with E-state index in [9.17, 15) is 14.9 Å². The van der Waals surface area contributed by atoms with Crippen LogP contribution in [0, 0.1) is 16.0 Å². The molecule has 0 bridgehead atoms. The smallest absolute Gasteiger partial charge is 0.270 e. The van der Waals surface area contributed by atoms with E-state index in [1.807, 2.05) is 13.8 Å². The van der Waals surface area contributed by atoms with Gasteiger partial charge in [-0.2, -0.15) is 0 Å². The summed E-state index contributed by atoms with van der Waals surface area (Å²) in [5, 5.41) is 13.9. The fourth-order valence-electron chi connectivity index (χ4n) is 3.05. The molecule has 1 saturated heterocycles. The molecule has 1 aromatic rings. The van der Waals surface area contributed by atoms with Gasteiger partial charge in [0.25, 0.3) is 5.69 Å². The molecule has 1 fully saturated rings. The van der Waals surface area contributed by atoms with Crippen LogP contribution in [0.4, 0.5) is 5.69 Å². The molecule has 1 amide bonds. The number of nitro benzene ring substituents is 1. The number of nitrogens with one attached hydrogen (secondary N) is 1. The van der Waals surface area contributed by atoms with Gasteiger partial charge in [0.15, 0.2) is 0 Å². The second-order valence-corrected chi connectivity index (χ2v) is 6.87. The number of benzene rings is 1. The molecule has 1 heterocycles. The molecule has 0 radical (unpaired) electrons. The highest BCUT2D eigenvalue weighted by Crippen LogP contribution is 2.28. The molecule has 1 N–H and O–H groups in total. The van der Waals surface area contributed by atoms with Crippen molar-refractivity contribution in [2.45, 2.75) is 46.3 Å². The Bertz CT molecular complexity index is 610. The first-order valence-corrected chi connectivity index (χ1v) is 8.76. The summed E-state index contributed by atoms with van der Waals surface area (Å²) in [4.78, 5) is 24.0. The highest BCUT2D eigenvalue weighted by molar-refractivity contribution is 5.72. The zero-order valence-corrected chi connectivity index (χ0v) is 15.2. The summed E-state index contributed by atoms with van der Waals surface area (Å²) in [5.74, 6) is 1.21. The van der Waals surface area contributed by atoms with Gasteiger partial charge < -0.3 is 10.1 Å². The maximum Gasteiger partial charge on any atom is 0.270 e. The highest BCUT2D eigenvalue weighted by Gasteiger charge is 2.21. The number of hydrogen-bond donors (Lipinski definition) is 1. The average molecular weight is 349 g/mol. The third-order valence-electron chi connectivity index (χ3n) is 4.36. The summed E-state index contributed by atoms with van der Waals surface area (Å²) >= 11 is 0. The lowest BCUT2D eigenvalue weighted by Crippen LogP contribution is -2.37. The Hall–Kier alpha value is -2.15. The first-order chi connectivity index (χ1) is 11.8. The van der Waals surface area contributed by atoms with Gasteiger partial charge in [0.2, 0.25) is 5.91 Å². The summed E-state index contributed by atoms with van der Waals surface area (Å²) in [7, 11) is 0. The Morgan fingerprint density at radius 2 is 2.08 bits per heavy atom. The van der Waals surface area contributed by atoms with Crippen LogP contribution in [0.5, 0.6) is 5.75 Å². The van der Waals surface area contributed by atoms with Crippen molar-refractivity contribution in [3.63, 3.8) is 0 Å². The molecular formula is C18H27N3O4. The molecule has 2 rings (SSSR count). The Kier molecular flexibility index (Phi) is 6.75. The molecule has 7 heteroatoms. The maximum absolute atomic E-state index is 11.1. The Morgan fingerprint density at radius 3 is 2.64 bits per heavy atom. The van der Waals surface area contributed by atoms with Crippen LogP contribution in [0.25, 0.3) is 0 Å². The standard InChI is InChI=1S/C18H27N3O4/c1-13(2)25-18-5-4-17(21(23)24)10-16(18)12-20-8-6-15(7-9-20)11-19-14(3)22/h4-5,10,13,15H,6-9,11-12H2,1-3H3,(H,19,22). The fraction of sp³-hybridized carbons (Fsp3) is 0.611. The lowest BCUT2D eigenvalue weighted by atomic mass is 9.96. The van der Waals surface area contributed by atoms with Crippen molar-refractivity contribution in [2.75, 3.05) is 19.6 Å². The zero-order chi connectivity index (χ0) is 18.4. The summed E-state index contributed by atoms with van der Waals surface area (Å²) < 4.78 is 5.81. The van der Waals surface area contributed by atoms with E-state index in [0.29, 0.717) is 18.2 Å². The van der Waals surface area contributed by atoms with Gasteiger partial charge in [-0.1, -0.05) is 0 Å². The van der Waals surface area contributed by atoms with Crippen molar-refractivity contribution in [1.29, 1.82) is 0 Å². The monoisotopic (exact) mass is 349 g/mol. The van der Waals surface area contributed by atoms with Crippen LogP contribution in [0.2, 0.25) is 0 Å². The van der Waals surface area contributed by atoms with Gasteiger partial charge in [0, 0.05) is 37.7 Å². The molecule has 0 atom stereocenters. The first kappa shape index (κ1) is 19.2. The number of hydrogen-bond acceptors (Lipinski definition) is 5. The van der Waals surface area contributed by atoms with Gasteiger partial charge in [0.1, 0.15) is 5.75 Å². The fourth-order valence-corrected chi connectivity index (χ4v) is 3.05. The number of carbonyl (C=O) groups is 1. The number of non-ortho nitro benzene ring substituents is 1. The van der Waals surface area contributed by atoms with Crippen LogP contribution >= 0.6 is 0 Å². The van der Waals surface area contributed by atoms with Crippen LogP contribution in [0.1, 0.15) is 39.2 Å². The molecule has 1 aliphatic heterocycles. The van der Waals surface area contributed by atoms with Crippen molar-refractivity contribution >= 4 is 11.6 Å². The van der Waals surface area contributed by atoms with Crippen LogP contribution in [0.3, 0.4) is 0 Å². The maximum atomic E-state index is 11.1. The van der Waals surface area contributed by atoms with Gasteiger partial charge in [-0.25, -0.2) is 0 Å². The molecule has 0 aromatic heterocycles. The second-order valence-electron chi connectivity index (χ2n) is 6.87. The molecule has 138 valence electrons. The van der Waals surface area contributed by atoms with Crippen molar-refractivity contribution in [2.24, 2.45) is 5.92 Å². The number of carbonyl (C=O) groups excluding carboxylic acids is 1. The number of likely N-dealkylation sites (tertiary alicyclic amines) is 1. The average Bonchev–Trinajstić information content (AvgIpc) is 2.55. The number of nitrogens with zero attached hydrogens (tertiary/aromatic N) is 2. The topological polar surface area (TPSA) is 84.7 Å². The van der Waals surface area contributed by atoms with E-state index in [0.717, 1.165) is 38.0 Å². The Balaban J connectivity index is 2.00. The SMILES string of the molecule is CC(=O)NCC1CCN(Cc2cc([N+](=O)[O-])ccc2OC(C)C)CC1. The van der Waals surface area contributed by atoms with Gasteiger partial charge in [-0.05, 0) is 51.8 Å². The predicted octanol–water partition coefficient (Wildman–Crippen LogP) is 2.73. The molecular weight excluding hydrogens is 322 g/mol. The molecule has 0 unspecified atom stereocenters. The minimum absolute atomic E-state index is 0.00880. The Labute approximate surface area is 148 Å². The zero-order valence-electron chi connectivity index (χ0n) is 15.2. The normalized spacial score (nSPS) is 16.0. The van der Waals surface area contributed by atoms with E-state index in [1.165, 1.54) is 13.0 Å².